The zero-order valence-electron chi connectivity index (χ0n) is 20.9. The second kappa shape index (κ2) is 10.7. The number of carbonyl (C=O) groups is 2. The Kier molecular flexibility index (Phi) is 7.23. The molecule has 2 aliphatic rings. The van der Waals surface area contributed by atoms with Crippen LogP contribution in [0.25, 0.3) is 11.3 Å². The summed E-state index contributed by atoms with van der Waals surface area (Å²) in [6, 6.07) is 7.29. The van der Waals surface area contributed by atoms with Gasteiger partial charge < -0.3 is 30.0 Å². The van der Waals surface area contributed by atoms with Gasteiger partial charge >= 0.3 is 0 Å². The molecule has 5 rings (SSSR count). The Morgan fingerprint density at radius 1 is 1.32 bits per heavy atom. The lowest BCUT2D eigenvalue weighted by Gasteiger charge is -2.25. The quantitative estimate of drug-likeness (QED) is 0.400. The number of carbonyl (C=O) groups excluding carboxylic acids is 2. The molecule has 2 amide bonds. The smallest absolute Gasteiger partial charge is 0.255 e. The van der Waals surface area contributed by atoms with Gasteiger partial charge in [0.2, 0.25) is 5.91 Å². The molecule has 2 aromatic heterocycles. The molecule has 3 aromatic rings. The molecule has 10 heteroatoms. The number of H-pyrrole nitrogens is 1. The summed E-state index contributed by atoms with van der Waals surface area (Å²) in [5.41, 5.74) is 4.07. The zero-order chi connectivity index (χ0) is 25.9. The van der Waals surface area contributed by atoms with E-state index >= 15 is 0 Å². The van der Waals surface area contributed by atoms with Crippen LogP contribution in [0.5, 0.6) is 11.5 Å². The third-order valence-corrected chi connectivity index (χ3v) is 7.18. The fraction of sp³-hybridized carbons (Fsp3) is 0.370. The van der Waals surface area contributed by atoms with Crippen molar-refractivity contribution in [2.24, 2.45) is 0 Å². The number of benzene rings is 1. The highest BCUT2D eigenvalue weighted by molar-refractivity contribution is 6.32. The summed E-state index contributed by atoms with van der Waals surface area (Å²) in [4.78, 5) is 35.0. The predicted molar refractivity (Wildman–Crippen MR) is 142 cm³/mol. The van der Waals surface area contributed by atoms with Crippen molar-refractivity contribution < 1.29 is 19.1 Å². The Hall–Kier alpha value is -3.72. The van der Waals surface area contributed by atoms with Gasteiger partial charge in [0.15, 0.2) is 5.75 Å². The lowest BCUT2D eigenvalue weighted by molar-refractivity contribution is -0.132. The molecule has 1 atom stereocenters. The number of para-hydroxylation sites is 1. The first-order chi connectivity index (χ1) is 18.0. The number of likely N-dealkylation sites (tertiary alicyclic amines) is 1. The van der Waals surface area contributed by atoms with Crippen molar-refractivity contribution in [2.75, 3.05) is 32.1 Å². The molecule has 0 unspecified atom stereocenters. The summed E-state index contributed by atoms with van der Waals surface area (Å²) in [7, 11) is 1.55. The first kappa shape index (κ1) is 25.0. The number of fused-ring (bicyclic) bond motifs is 1. The number of nitrogens with one attached hydrogen (secondary N) is 3. The van der Waals surface area contributed by atoms with E-state index in [1.54, 1.807) is 25.6 Å². The maximum Gasteiger partial charge on any atom is 0.255 e. The SMILES string of the molecule is CCC(=O)N1CCC[C@@H]1COc1cnccc1-c1[nH]c2c(c1Nc1cccc(Cl)c1OC)C(=O)NCC2. The molecule has 0 bridgehead atoms. The summed E-state index contributed by atoms with van der Waals surface area (Å²) in [6.07, 6.45) is 6.37. The molecular formula is C27H30ClN5O4. The fourth-order valence-electron chi connectivity index (χ4n) is 5.08. The number of pyridine rings is 1. The highest BCUT2D eigenvalue weighted by Crippen LogP contribution is 2.43. The number of aromatic amines is 1. The van der Waals surface area contributed by atoms with Gasteiger partial charge in [0.1, 0.15) is 12.4 Å². The number of ether oxygens (including phenoxy) is 2. The summed E-state index contributed by atoms with van der Waals surface area (Å²) >= 11 is 6.36. The zero-order valence-corrected chi connectivity index (χ0v) is 21.7. The van der Waals surface area contributed by atoms with Crippen molar-refractivity contribution in [1.82, 2.24) is 20.2 Å². The summed E-state index contributed by atoms with van der Waals surface area (Å²) in [5, 5.41) is 6.78. The molecule has 1 fully saturated rings. The van der Waals surface area contributed by atoms with Crippen molar-refractivity contribution in [3.8, 4) is 22.8 Å². The number of hydrogen-bond acceptors (Lipinski definition) is 6. The average Bonchev–Trinajstić information content (AvgIpc) is 3.53. The number of rotatable bonds is 8. The van der Waals surface area contributed by atoms with Gasteiger partial charge in [-0.05, 0) is 31.0 Å². The van der Waals surface area contributed by atoms with Crippen LogP contribution in [0.1, 0.15) is 42.2 Å². The van der Waals surface area contributed by atoms with Gasteiger partial charge in [0, 0.05) is 43.4 Å². The second-order valence-corrected chi connectivity index (χ2v) is 9.51. The van der Waals surface area contributed by atoms with Crippen LogP contribution in [-0.4, -0.2) is 59.5 Å². The first-order valence-corrected chi connectivity index (χ1v) is 12.9. The maximum absolute atomic E-state index is 13.0. The van der Waals surface area contributed by atoms with Crippen LogP contribution in [-0.2, 0) is 11.2 Å². The standard InChI is InChI=1S/C27H30ClN5O4/c1-3-22(34)33-13-5-6-16(33)15-37-21-14-29-11-9-17(21)24-25(23-19(31-24)10-12-30-27(23)35)32-20-8-4-7-18(28)26(20)36-2/h4,7-9,11,14,16,31-32H,3,5-6,10,12-13,15H2,1-2H3,(H,30,35)/t16-/m1/s1. The molecule has 37 heavy (non-hydrogen) atoms. The highest BCUT2D eigenvalue weighted by Gasteiger charge is 2.31. The third-order valence-electron chi connectivity index (χ3n) is 6.88. The van der Waals surface area contributed by atoms with E-state index in [9.17, 15) is 9.59 Å². The van der Waals surface area contributed by atoms with E-state index in [2.05, 4.69) is 20.6 Å². The minimum Gasteiger partial charge on any atom is -0.493 e. The van der Waals surface area contributed by atoms with Crippen molar-refractivity contribution >= 4 is 34.8 Å². The van der Waals surface area contributed by atoms with Gasteiger partial charge in [0.25, 0.3) is 5.91 Å². The Bertz CT molecular complexity index is 1320. The average molecular weight is 524 g/mol. The van der Waals surface area contributed by atoms with E-state index in [-0.39, 0.29) is 17.9 Å². The van der Waals surface area contributed by atoms with E-state index in [1.165, 1.54) is 0 Å². The van der Waals surface area contributed by atoms with Crippen molar-refractivity contribution in [3.05, 3.63) is 52.9 Å². The first-order valence-electron chi connectivity index (χ1n) is 12.5. The Labute approximate surface area is 220 Å². The molecule has 1 aromatic carbocycles. The van der Waals surface area contributed by atoms with Gasteiger partial charge in [-0.1, -0.05) is 24.6 Å². The Balaban J connectivity index is 1.52. The van der Waals surface area contributed by atoms with Crippen LogP contribution in [0, 0.1) is 0 Å². The summed E-state index contributed by atoms with van der Waals surface area (Å²) in [5.74, 6) is 1.03. The van der Waals surface area contributed by atoms with E-state index in [1.807, 2.05) is 30.0 Å². The molecule has 0 saturated carbocycles. The molecule has 0 spiro atoms. The van der Waals surface area contributed by atoms with Crippen LogP contribution in [0.2, 0.25) is 5.02 Å². The predicted octanol–water partition coefficient (Wildman–Crippen LogP) is 4.55. The Morgan fingerprint density at radius 3 is 3.00 bits per heavy atom. The van der Waals surface area contributed by atoms with E-state index < -0.39 is 0 Å². The number of aromatic nitrogens is 2. The summed E-state index contributed by atoms with van der Waals surface area (Å²) in [6.45, 7) is 3.56. The molecule has 0 aliphatic carbocycles. The number of methoxy groups -OCH3 is 1. The van der Waals surface area contributed by atoms with Gasteiger partial charge in [-0.25, -0.2) is 0 Å². The topological polar surface area (TPSA) is 109 Å². The monoisotopic (exact) mass is 523 g/mol. The number of halogens is 1. The van der Waals surface area contributed by atoms with Crippen LogP contribution >= 0.6 is 11.6 Å². The molecule has 3 N–H and O–H groups in total. The van der Waals surface area contributed by atoms with E-state index in [4.69, 9.17) is 21.1 Å². The van der Waals surface area contributed by atoms with Crippen LogP contribution < -0.4 is 20.1 Å². The van der Waals surface area contributed by atoms with E-state index in [0.29, 0.717) is 65.1 Å². The number of amides is 2. The maximum atomic E-state index is 13.0. The normalized spacial score (nSPS) is 16.8. The summed E-state index contributed by atoms with van der Waals surface area (Å²) < 4.78 is 11.8. The van der Waals surface area contributed by atoms with Crippen LogP contribution in [0.15, 0.2) is 36.7 Å². The van der Waals surface area contributed by atoms with Gasteiger partial charge in [0.05, 0.1) is 47.0 Å². The lowest BCUT2D eigenvalue weighted by atomic mass is 10.0. The molecule has 2 aliphatic heterocycles. The minimum absolute atomic E-state index is 0.0245. The number of nitrogens with zero attached hydrogens (tertiary/aromatic N) is 2. The highest BCUT2D eigenvalue weighted by atomic mass is 35.5. The number of anilines is 2. The van der Waals surface area contributed by atoms with E-state index in [0.717, 1.165) is 30.6 Å². The number of hydrogen-bond donors (Lipinski definition) is 3. The van der Waals surface area contributed by atoms with Crippen LogP contribution in [0.3, 0.4) is 0 Å². The molecule has 1 saturated heterocycles. The lowest BCUT2D eigenvalue weighted by Crippen LogP contribution is -2.38. The molecule has 4 heterocycles. The Morgan fingerprint density at radius 2 is 2.19 bits per heavy atom. The van der Waals surface area contributed by atoms with Crippen molar-refractivity contribution in [2.45, 2.75) is 38.6 Å². The fourth-order valence-corrected chi connectivity index (χ4v) is 5.34. The largest absolute Gasteiger partial charge is 0.493 e. The molecule has 0 radical (unpaired) electrons. The molecular weight excluding hydrogens is 494 g/mol. The minimum atomic E-state index is -0.163. The molecule has 194 valence electrons. The molecule has 9 nitrogen and oxygen atoms in total. The van der Waals surface area contributed by atoms with Crippen LogP contribution in [0.4, 0.5) is 11.4 Å². The van der Waals surface area contributed by atoms with Gasteiger partial charge in [-0.3, -0.25) is 14.6 Å². The second-order valence-electron chi connectivity index (χ2n) is 9.10. The van der Waals surface area contributed by atoms with Crippen molar-refractivity contribution in [3.63, 3.8) is 0 Å². The van der Waals surface area contributed by atoms with Gasteiger partial charge in [-0.15, -0.1) is 0 Å². The van der Waals surface area contributed by atoms with Gasteiger partial charge in [-0.2, -0.15) is 0 Å². The third kappa shape index (κ3) is 4.83. The van der Waals surface area contributed by atoms with Crippen molar-refractivity contribution in [1.29, 1.82) is 0 Å².